The van der Waals surface area contributed by atoms with Crippen molar-refractivity contribution in [2.24, 2.45) is 0 Å². The highest BCUT2D eigenvalue weighted by atomic mass is 16.5. The van der Waals surface area contributed by atoms with Crippen LogP contribution in [0.4, 0.5) is 5.69 Å². The van der Waals surface area contributed by atoms with Gasteiger partial charge in [0.15, 0.2) is 0 Å². The van der Waals surface area contributed by atoms with Crippen molar-refractivity contribution in [3.8, 4) is 5.75 Å². The van der Waals surface area contributed by atoms with Gasteiger partial charge in [-0.05, 0) is 32.0 Å². The monoisotopic (exact) mass is 386 g/mol. The van der Waals surface area contributed by atoms with E-state index < -0.39 is 11.8 Å². The van der Waals surface area contributed by atoms with Crippen LogP contribution in [0.1, 0.15) is 19.8 Å². The number of amides is 3. The summed E-state index contributed by atoms with van der Waals surface area (Å²) in [5.74, 6) is -0.407. The number of nitrogens with zero attached hydrogens (tertiary/aromatic N) is 3. The number of carbonyl (C=O) groups excluding carboxylic acids is 3. The molecule has 8 heteroatoms. The molecular weight excluding hydrogens is 360 g/mol. The van der Waals surface area contributed by atoms with Crippen molar-refractivity contribution in [1.29, 1.82) is 0 Å². The largest absolute Gasteiger partial charge is 0.495 e. The Bertz CT molecular complexity index is 784. The van der Waals surface area contributed by atoms with Gasteiger partial charge in [0.2, 0.25) is 5.91 Å². The second-order valence-electron chi connectivity index (χ2n) is 6.95. The SMILES string of the molecule is COc1ccccc1N1CCN(CCCC(=O)NN2C(=O)C=C(C)C2=O)CC1. The zero-order chi connectivity index (χ0) is 20.1. The minimum atomic E-state index is -0.497. The second-order valence-corrected chi connectivity index (χ2v) is 6.95. The van der Waals surface area contributed by atoms with Gasteiger partial charge in [0, 0.05) is 44.2 Å². The Balaban J connectivity index is 1.38. The van der Waals surface area contributed by atoms with Crippen LogP contribution in [-0.4, -0.2) is 67.5 Å². The Morgan fingerprint density at radius 1 is 1.14 bits per heavy atom. The van der Waals surface area contributed by atoms with Gasteiger partial charge in [0.25, 0.3) is 11.8 Å². The fourth-order valence-corrected chi connectivity index (χ4v) is 3.44. The van der Waals surface area contributed by atoms with Crippen molar-refractivity contribution in [3.63, 3.8) is 0 Å². The standard InChI is InChI=1S/C20H26N4O4/c1-15-14-19(26)24(20(15)27)21-18(25)8-5-9-22-10-12-23(13-11-22)16-6-3-4-7-17(16)28-2/h3-4,6-7,14H,5,8-13H2,1-2H3,(H,21,25). The van der Waals surface area contributed by atoms with Crippen molar-refractivity contribution in [2.45, 2.75) is 19.8 Å². The lowest BCUT2D eigenvalue weighted by molar-refractivity contribution is -0.146. The number of rotatable bonds is 7. The number of methoxy groups -OCH3 is 1. The molecule has 1 fully saturated rings. The summed E-state index contributed by atoms with van der Waals surface area (Å²) in [4.78, 5) is 40.1. The maximum atomic E-state index is 12.0. The zero-order valence-corrected chi connectivity index (χ0v) is 16.3. The normalized spacial score (nSPS) is 17.7. The minimum absolute atomic E-state index is 0.267. The lowest BCUT2D eigenvalue weighted by Crippen LogP contribution is -2.48. The van der Waals surface area contributed by atoms with E-state index in [4.69, 9.17) is 4.74 Å². The highest BCUT2D eigenvalue weighted by molar-refractivity contribution is 6.16. The zero-order valence-electron chi connectivity index (χ0n) is 16.3. The first-order valence-electron chi connectivity index (χ1n) is 9.46. The van der Waals surface area contributed by atoms with Crippen molar-refractivity contribution >= 4 is 23.4 Å². The van der Waals surface area contributed by atoms with Gasteiger partial charge in [-0.3, -0.25) is 24.7 Å². The number of imide groups is 1. The number of hydrogen-bond donors (Lipinski definition) is 1. The van der Waals surface area contributed by atoms with Crippen LogP contribution in [-0.2, 0) is 14.4 Å². The molecule has 1 aromatic rings. The average Bonchev–Trinajstić information content (AvgIpc) is 2.94. The molecule has 3 amide bonds. The van der Waals surface area contributed by atoms with Gasteiger partial charge >= 0.3 is 0 Å². The number of hydrogen-bond acceptors (Lipinski definition) is 6. The molecule has 2 heterocycles. The van der Waals surface area contributed by atoms with E-state index in [9.17, 15) is 14.4 Å². The molecule has 150 valence electrons. The van der Waals surface area contributed by atoms with Crippen LogP contribution in [0.25, 0.3) is 0 Å². The molecule has 1 saturated heterocycles. The van der Waals surface area contributed by atoms with Crippen LogP contribution in [0.5, 0.6) is 5.75 Å². The number of anilines is 1. The van der Waals surface area contributed by atoms with Crippen molar-refractivity contribution < 1.29 is 19.1 Å². The van der Waals surface area contributed by atoms with Gasteiger partial charge in [-0.2, -0.15) is 5.01 Å². The quantitative estimate of drug-likeness (QED) is 0.703. The van der Waals surface area contributed by atoms with Gasteiger partial charge in [-0.1, -0.05) is 12.1 Å². The lowest BCUT2D eigenvalue weighted by atomic mass is 10.2. The lowest BCUT2D eigenvalue weighted by Gasteiger charge is -2.36. The fraction of sp³-hybridized carbons (Fsp3) is 0.450. The summed E-state index contributed by atoms with van der Waals surface area (Å²) < 4.78 is 5.44. The number of nitrogens with one attached hydrogen (secondary N) is 1. The molecule has 1 N–H and O–H groups in total. The molecular formula is C20H26N4O4. The number of benzene rings is 1. The van der Waals surface area contributed by atoms with Crippen molar-refractivity contribution in [2.75, 3.05) is 44.7 Å². The molecule has 0 unspecified atom stereocenters. The molecule has 2 aliphatic rings. The number of para-hydroxylation sites is 2. The topological polar surface area (TPSA) is 82.2 Å². The van der Waals surface area contributed by atoms with E-state index in [1.165, 1.54) is 6.08 Å². The minimum Gasteiger partial charge on any atom is -0.495 e. The van der Waals surface area contributed by atoms with Crippen LogP contribution in [0.2, 0.25) is 0 Å². The second kappa shape index (κ2) is 8.88. The van der Waals surface area contributed by atoms with Crippen molar-refractivity contribution in [3.05, 3.63) is 35.9 Å². The Kier molecular flexibility index (Phi) is 6.30. The summed E-state index contributed by atoms with van der Waals surface area (Å²) in [5, 5.41) is 0.781. The predicted molar refractivity (Wildman–Crippen MR) is 105 cm³/mol. The molecule has 1 aromatic carbocycles. The number of ether oxygens (including phenoxy) is 1. The maximum absolute atomic E-state index is 12.0. The Morgan fingerprint density at radius 3 is 2.50 bits per heavy atom. The highest BCUT2D eigenvalue weighted by Gasteiger charge is 2.29. The summed E-state index contributed by atoms with van der Waals surface area (Å²) in [6.07, 6.45) is 2.16. The summed E-state index contributed by atoms with van der Waals surface area (Å²) >= 11 is 0. The molecule has 0 saturated carbocycles. The van der Waals surface area contributed by atoms with Crippen molar-refractivity contribution in [1.82, 2.24) is 15.3 Å². The van der Waals surface area contributed by atoms with E-state index in [2.05, 4.69) is 21.3 Å². The highest BCUT2D eigenvalue weighted by Crippen LogP contribution is 2.28. The molecule has 0 aromatic heterocycles. The number of piperazine rings is 1. The maximum Gasteiger partial charge on any atom is 0.275 e. The van der Waals surface area contributed by atoms with Gasteiger partial charge in [0.05, 0.1) is 12.8 Å². The molecule has 28 heavy (non-hydrogen) atoms. The first-order valence-corrected chi connectivity index (χ1v) is 9.46. The van der Waals surface area contributed by atoms with Crippen LogP contribution in [0.15, 0.2) is 35.9 Å². The third kappa shape index (κ3) is 4.51. The van der Waals surface area contributed by atoms with E-state index in [0.717, 1.165) is 49.2 Å². The molecule has 8 nitrogen and oxygen atoms in total. The average molecular weight is 386 g/mol. The van der Waals surface area contributed by atoms with Crippen LogP contribution < -0.4 is 15.1 Å². The third-order valence-corrected chi connectivity index (χ3v) is 5.01. The van der Waals surface area contributed by atoms with E-state index in [0.29, 0.717) is 12.0 Å². The summed E-state index contributed by atoms with van der Waals surface area (Å²) in [6, 6.07) is 8.00. The van der Waals surface area contributed by atoms with E-state index in [1.54, 1.807) is 14.0 Å². The Labute approximate surface area is 164 Å². The molecule has 0 bridgehead atoms. The van der Waals surface area contributed by atoms with E-state index in [-0.39, 0.29) is 12.3 Å². The molecule has 0 spiro atoms. The molecule has 3 rings (SSSR count). The van der Waals surface area contributed by atoms with Gasteiger partial charge < -0.3 is 9.64 Å². The van der Waals surface area contributed by atoms with Gasteiger partial charge in [-0.25, -0.2) is 0 Å². The van der Waals surface area contributed by atoms with E-state index >= 15 is 0 Å². The Hall–Kier alpha value is -2.87. The summed E-state index contributed by atoms with van der Waals surface area (Å²) in [5.41, 5.74) is 3.83. The molecule has 2 aliphatic heterocycles. The third-order valence-electron chi connectivity index (χ3n) is 5.01. The molecule has 0 radical (unpaired) electrons. The number of carbonyl (C=O) groups is 3. The number of hydrazine groups is 1. The van der Waals surface area contributed by atoms with Gasteiger partial charge in [-0.15, -0.1) is 0 Å². The van der Waals surface area contributed by atoms with Crippen LogP contribution >= 0.6 is 0 Å². The summed E-state index contributed by atoms with van der Waals surface area (Å²) in [7, 11) is 1.68. The Morgan fingerprint density at radius 2 is 1.86 bits per heavy atom. The first kappa shape index (κ1) is 19.9. The molecule has 0 aliphatic carbocycles. The van der Waals surface area contributed by atoms with Crippen LogP contribution in [0.3, 0.4) is 0 Å². The predicted octanol–water partition coefficient (Wildman–Crippen LogP) is 0.944. The summed E-state index contributed by atoms with van der Waals surface area (Å²) in [6.45, 7) is 5.96. The first-order chi connectivity index (χ1) is 13.5. The molecule has 0 atom stereocenters. The van der Waals surface area contributed by atoms with Gasteiger partial charge in [0.1, 0.15) is 5.75 Å². The smallest absolute Gasteiger partial charge is 0.275 e. The van der Waals surface area contributed by atoms with E-state index in [1.807, 2.05) is 18.2 Å². The fourth-order valence-electron chi connectivity index (χ4n) is 3.44. The van der Waals surface area contributed by atoms with Crippen LogP contribution in [0, 0.1) is 0 Å².